The van der Waals surface area contributed by atoms with E-state index in [1.807, 2.05) is 39.0 Å². The molecule has 0 aromatic heterocycles. The third-order valence-electron chi connectivity index (χ3n) is 6.57. The van der Waals surface area contributed by atoms with Crippen LogP contribution in [0.1, 0.15) is 50.7 Å². The number of fused-ring (bicyclic) bond motifs is 1. The Balaban J connectivity index is 1.66. The van der Waals surface area contributed by atoms with Crippen LogP contribution in [0.5, 0.6) is 0 Å². The predicted octanol–water partition coefficient (Wildman–Crippen LogP) is 4.59. The van der Waals surface area contributed by atoms with Gasteiger partial charge in [0.1, 0.15) is 6.54 Å². The van der Waals surface area contributed by atoms with Crippen molar-refractivity contribution in [3.63, 3.8) is 0 Å². The summed E-state index contributed by atoms with van der Waals surface area (Å²) in [7, 11) is -3.67. The molecule has 1 atom stereocenters. The number of nitrogens with one attached hydrogen (secondary N) is 1. The number of benzene rings is 2. The number of nitrogens with zero attached hydrogens (tertiary/aromatic N) is 2. The summed E-state index contributed by atoms with van der Waals surface area (Å²) in [5, 5.41) is 3.01. The molecule has 0 spiro atoms. The quantitative estimate of drug-likeness (QED) is 0.608. The zero-order valence-electron chi connectivity index (χ0n) is 20.5. The van der Waals surface area contributed by atoms with E-state index in [0.717, 1.165) is 47.4 Å². The predicted molar refractivity (Wildman–Crippen MR) is 141 cm³/mol. The van der Waals surface area contributed by atoms with Crippen molar-refractivity contribution in [1.82, 2.24) is 4.31 Å². The Morgan fingerprint density at radius 2 is 1.89 bits per heavy atom. The molecule has 0 saturated carbocycles. The van der Waals surface area contributed by atoms with Crippen molar-refractivity contribution in [2.24, 2.45) is 0 Å². The highest BCUT2D eigenvalue weighted by Gasteiger charge is 2.32. The molecule has 1 saturated heterocycles. The summed E-state index contributed by atoms with van der Waals surface area (Å²) in [6.07, 6.45) is 3.77. The Labute approximate surface area is 212 Å². The summed E-state index contributed by atoms with van der Waals surface area (Å²) in [6, 6.07) is 10.8. The van der Waals surface area contributed by atoms with Crippen LogP contribution in [-0.4, -0.2) is 49.4 Å². The second kappa shape index (κ2) is 10.7. The molecule has 9 heteroatoms. The van der Waals surface area contributed by atoms with Crippen molar-refractivity contribution in [2.45, 2.75) is 67.9 Å². The number of amides is 2. The molecule has 188 valence electrons. The van der Waals surface area contributed by atoms with Gasteiger partial charge in [-0.3, -0.25) is 9.59 Å². The van der Waals surface area contributed by atoms with Gasteiger partial charge in [0.25, 0.3) is 0 Å². The largest absolute Gasteiger partial charge is 0.324 e. The van der Waals surface area contributed by atoms with Gasteiger partial charge in [-0.2, -0.15) is 4.31 Å². The van der Waals surface area contributed by atoms with Gasteiger partial charge in [0.15, 0.2) is 0 Å². The number of carbonyl (C=O) groups excluding carboxylic acids is 2. The van der Waals surface area contributed by atoms with Crippen LogP contribution in [0, 0.1) is 6.92 Å². The van der Waals surface area contributed by atoms with Gasteiger partial charge in [0.05, 0.1) is 10.6 Å². The van der Waals surface area contributed by atoms with Gasteiger partial charge in [0, 0.05) is 35.3 Å². The van der Waals surface area contributed by atoms with E-state index in [-0.39, 0.29) is 34.9 Å². The minimum absolute atomic E-state index is 0.0157. The normalized spacial score (nSPS) is 19.2. The number of sulfonamides is 1. The van der Waals surface area contributed by atoms with E-state index in [0.29, 0.717) is 18.8 Å². The minimum atomic E-state index is -3.67. The molecule has 7 nitrogen and oxygen atoms in total. The van der Waals surface area contributed by atoms with Crippen molar-refractivity contribution < 1.29 is 18.0 Å². The average molecular weight is 516 g/mol. The van der Waals surface area contributed by atoms with Gasteiger partial charge >= 0.3 is 0 Å². The Morgan fingerprint density at radius 1 is 1.14 bits per heavy atom. The topological polar surface area (TPSA) is 86.8 Å². The smallest absolute Gasteiger partial charge is 0.244 e. The van der Waals surface area contributed by atoms with Crippen LogP contribution in [-0.2, 0) is 26.0 Å². The molecule has 0 radical (unpaired) electrons. The number of rotatable bonds is 6. The number of anilines is 2. The summed E-state index contributed by atoms with van der Waals surface area (Å²) >= 11 is 1.53. The Bertz CT molecular complexity index is 1220. The molecule has 35 heavy (non-hydrogen) atoms. The molecule has 2 aromatic rings. The van der Waals surface area contributed by atoms with Crippen LogP contribution in [0.25, 0.3) is 0 Å². The van der Waals surface area contributed by atoms with Gasteiger partial charge in [-0.1, -0.05) is 38.5 Å². The molecule has 2 aromatic carbocycles. The monoisotopic (exact) mass is 515 g/mol. The summed E-state index contributed by atoms with van der Waals surface area (Å²) in [4.78, 5) is 28.8. The molecule has 4 rings (SSSR count). The van der Waals surface area contributed by atoms with Crippen molar-refractivity contribution in [3.05, 3.63) is 47.5 Å². The lowest BCUT2D eigenvalue weighted by Crippen LogP contribution is -2.39. The molecule has 0 unspecified atom stereocenters. The average Bonchev–Trinajstić information content (AvgIpc) is 2.95. The highest BCUT2D eigenvalue weighted by Crippen LogP contribution is 2.40. The zero-order valence-corrected chi connectivity index (χ0v) is 22.2. The second-order valence-corrected chi connectivity index (χ2v) is 12.6. The molecule has 2 amide bonds. The Kier molecular flexibility index (Phi) is 7.88. The number of carbonyl (C=O) groups is 2. The van der Waals surface area contributed by atoms with Crippen molar-refractivity contribution >= 4 is 45.0 Å². The van der Waals surface area contributed by atoms with Crippen LogP contribution < -0.4 is 10.2 Å². The second-order valence-electron chi connectivity index (χ2n) is 9.22. The lowest BCUT2D eigenvalue weighted by molar-refractivity contribution is -0.121. The van der Waals surface area contributed by atoms with Gasteiger partial charge in [-0.25, -0.2) is 8.42 Å². The maximum absolute atomic E-state index is 13.3. The van der Waals surface area contributed by atoms with E-state index in [2.05, 4.69) is 5.32 Å². The lowest BCUT2D eigenvalue weighted by atomic mass is 10.1. The molecular formula is C26H33N3O4S2. The first kappa shape index (κ1) is 25.7. The highest BCUT2D eigenvalue weighted by molar-refractivity contribution is 8.00. The molecule has 0 aliphatic carbocycles. The number of hydrogen-bond acceptors (Lipinski definition) is 5. The first-order chi connectivity index (χ1) is 16.7. The van der Waals surface area contributed by atoms with Crippen LogP contribution in [0.4, 0.5) is 11.4 Å². The number of piperidine rings is 1. The first-order valence-corrected chi connectivity index (χ1v) is 14.5. The number of para-hydroxylation sites is 1. The maximum Gasteiger partial charge on any atom is 0.244 e. The Morgan fingerprint density at radius 3 is 2.60 bits per heavy atom. The fraction of sp³-hybridized carbons (Fsp3) is 0.462. The maximum atomic E-state index is 13.3. The van der Waals surface area contributed by atoms with Crippen molar-refractivity contribution in [2.75, 3.05) is 29.9 Å². The fourth-order valence-electron chi connectivity index (χ4n) is 4.67. The molecule has 2 aliphatic rings. The summed E-state index contributed by atoms with van der Waals surface area (Å²) in [5.41, 5.74) is 3.24. The van der Waals surface area contributed by atoms with Gasteiger partial charge in [-0.05, 0) is 55.5 Å². The number of aryl methyl sites for hydroxylation is 2. The van der Waals surface area contributed by atoms with E-state index in [1.165, 1.54) is 21.0 Å². The standard InChI is InChI=1S/C26H33N3O4S2/c1-4-20-10-8-9-18(2)26(20)27-24(30)17-29-22-16-21(35(32,33)28-13-6-5-7-14-28)11-12-23(22)34-19(3)15-25(29)31/h8-12,16,19H,4-7,13-15,17H2,1-3H3,(H,27,30)/t19-/m0/s1. The third kappa shape index (κ3) is 5.57. The summed E-state index contributed by atoms with van der Waals surface area (Å²) < 4.78 is 28.2. The minimum Gasteiger partial charge on any atom is -0.324 e. The molecular weight excluding hydrogens is 482 g/mol. The van der Waals surface area contributed by atoms with E-state index in [1.54, 1.807) is 18.2 Å². The van der Waals surface area contributed by atoms with E-state index in [4.69, 9.17) is 0 Å². The molecule has 2 aliphatic heterocycles. The summed E-state index contributed by atoms with van der Waals surface area (Å²) in [5.74, 6) is -0.496. The third-order valence-corrected chi connectivity index (χ3v) is 9.63. The van der Waals surface area contributed by atoms with Crippen LogP contribution >= 0.6 is 11.8 Å². The fourth-order valence-corrected chi connectivity index (χ4v) is 7.30. The van der Waals surface area contributed by atoms with Crippen LogP contribution in [0.15, 0.2) is 46.2 Å². The van der Waals surface area contributed by atoms with Gasteiger partial charge < -0.3 is 10.2 Å². The van der Waals surface area contributed by atoms with Gasteiger partial charge in [0.2, 0.25) is 21.8 Å². The first-order valence-electron chi connectivity index (χ1n) is 12.2. The van der Waals surface area contributed by atoms with Gasteiger partial charge in [-0.15, -0.1) is 11.8 Å². The SMILES string of the molecule is CCc1cccc(C)c1NC(=O)CN1C(=O)C[C@H](C)Sc2ccc(S(=O)(=O)N3CCCCC3)cc21. The van der Waals surface area contributed by atoms with Crippen LogP contribution in [0.3, 0.4) is 0 Å². The molecule has 2 heterocycles. The number of thioether (sulfide) groups is 1. The molecule has 0 bridgehead atoms. The van der Waals surface area contributed by atoms with Crippen molar-refractivity contribution in [1.29, 1.82) is 0 Å². The molecule has 1 N–H and O–H groups in total. The van der Waals surface area contributed by atoms with E-state index >= 15 is 0 Å². The molecule has 1 fully saturated rings. The highest BCUT2D eigenvalue weighted by atomic mass is 32.2. The lowest BCUT2D eigenvalue weighted by Gasteiger charge is -2.27. The van der Waals surface area contributed by atoms with E-state index < -0.39 is 10.0 Å². The van der Waals surface area contributed by atoms with Crippen LogP contribution in [0.2, 0.25) is 0 Å². The zero-order chi connectivity index (χ0) is 25.2. The van der Waals surface area contributed by atoms with Crippen molar-refractivity contribution in [3.8, 4) is 0 Å². The Hall–Kier alpha value is -2.36. The number of hydrogen-bond donors (Lipinski definition) is 1. The summed E-state index contributed by atoms with van der Waals surface area (Å²) in [6.45, 7) is 6.77. The van der Waals surface area contributed by atoms with E-state index in [9.17, 15) is 18.0 Å².